The van der Waals surface area contributed by atoms with Gasteiger partial charge in [0, 0.05) is 5.69 Å². The molecule has 1 aliphatic heterocycles. The maximum absolute atomic E-state index is 12.4. The van der Waals surface area contributed by atoms with Gasteiger partial charge in [-0.2, -0.15) is 0 Å². The highest BCUT2D eigenvalue weighted by Gasteiger charge is 2.26. The third-order valence-electron chi connectivity index (χ3n) is 4.51. The lowest BCUT2D eigenvalue weighted by Gasteiger charge is -2.28. The molecule has 132 valence electrons. The number of nitrogens with one attached hydrogen (secondary N) is 2. The SMILES string of the molecule is C[C@@H](C(=O)Nc1ccc(OCc2ccccc2)cc1)[NH+]1CCOCC1. The third-order valence-corrected chi connectivity index (χ3v) is 4.51. The molecular formula is C20H25N2O3+. The Morgan fingerprint density at radius 1 is 1.12 bits per heavy atom. The third kappa shape index (κ3) is 5.05. The summed E-state index contributed by atoms with van der Waals surface area (Å²) < 4.78 is 11.1. The first-order valence-electron chi connectivity index (χ1n) is 8.72. The number of rotatable bonds is 6. The predicted octanol–water partition coefficient (Wildman–Crippen LogP) is 1.51. The van der Waals surface area contributed by atoms with E-state index in [4.69, 9.17) is 9.47 Å². The quantitative estimate of drug-likeness (QED) is 0.837. The Bertz CT molecular complexity index is 667. The van der Waals surface area contributed by atoms with Gasteiger partial charge in [0.15, 0.2) is 6.04 Å². The summed E-state index contributed by atoms with van der Waals surface area (Å²) in [7, 11) is 0. The first-order valence-corrected chi connectivity index (χ1v) is 8.72. The summed E-state index contributed by atoms with van der Waals surface area (Å²) in [5, 5.41) is 2.98. The smallest absolute Gasteiger partial charge is 0.282 e. The summed E-state index contributed by atoms with van der Waals surface area (Å²) in [6, 6.07) is 17.5. The molecular weight excluding hydrogens is 316 g/mol. The minimum Gasteiger partial charge on any atom is -0.489 e. The van der Waals surface area contributed by atoms with Crippen molar-refractivity contribution in [1.82, 2.24) is 0 Å². The van der Waals surface area contributed by atoms with Crippen LogP contribution < -0.4 is 15.0 Å². The molecule has 5 heteroatoms. The molecule has 5 nitrogen and oxygen atoms in total. The molecule has 3 rings (SSSR count). The molecule has 25 heavy (non-hydrogen) atoms. The first kappa shape index (κ1) is 17.5. The van der Waals surface area contributed by atoms with E-state index in [2.05, 4.69) is 5.32 Å². The molecule has 0 unspecified atom stereocenters. The lowest BCUT2D eigenvalue weighted by molar-refractivity contribution is -0.921. The summed E-state index contributed by atoms with van der Waals surface area (Å²) >= 11 is 0. The number of amides is 1. The topological polar surface area (TPSA) is 52.0 Å². The van der Waals surface area contributed by atoms with Crippen LogP contribution >= 0.6 is 0 Å². The average Bonchev–Trinajstić information content (AvgIpc) is 2.68. The van der Waals surface area contributed by atoms with E-state index in [0.29, 0.717) is 6.61 Å². The molecule has 1 heterocycles. The number of hydrogen-bond donors (Lipinski definition) is 2. The van der Waals surface area contributed by atoms with E-state index in [1.165, 1.54) is 4.90 Å². The fourth-order valence-corrected chi connectivity index (χ4v) is 2.88. The van der Waals surface area contributed by atoms with Crippen molar-refractivity contribution in [2.24, 2.45) is 0 Å². The van der Waals surface area contributed by atoms with Crippen LogP contribution in [0.1, 0.15) is 12.5 Å². The van der Waals surface area contributed by atoms with Gasteiger partial charge in [0.25, 0.3) is 5.91 Å². The number of quaternary nitrogens is 1. The van der Waals surface area contributed by atoms with Crippen molar-refractivity contribution in [3.8, 4) is 5.75 Å². The van der Waals surface area contributed by atoms with Crippen LogP contribution in [0.4, 0.5) is 5.69 Å². The standard InChI is InChI=1S/C20H24N2O3/c1-16(22-11-13-24-14-12-22)20(23)21-18-7-9-19(10-8-18)25-15-17-5-3-2-4-6-17/h2-10,16H,11-15H2,1H3,(H,21,23)/p+1/t16-/m0/s1. The molecule has 2 aromatic carbocycles. The van der Waals surface area contributed by atoms with Crippen molar-refractivity contribution in [2.75, 3.05) is 31.6 Å². The molecule has 1 fully saturated rings. The number of benzene rings is 2. The normalized spacial score (nSPS) is 16.2. The fraction of sp³-hybridized carbons (Fsp3) is 0.350. The lowest BCUT2D eigenvalue weighted by atomic mass is 10.2. The lowest BCUT2D eigenvalue weighted by Crippen LogP contribution is -3.18. The summed E-state index contributed by atoms with van der Waals surface area (Å²) in [4.78, 5) is 13.7. The summed E-state index contributed by atoms with van der Waals surface area (Å²) in [6.45, 7) is 5.69. The number of carbonyl (C=O) groups excluding carboxylic acids is 1. The van der Waals surface area contributed by atoms with Gasteiger partial charge in [-0.1, -0.05) is 30.3 Å². The summed E-state index contributed by atoms with van der Waals surface area (Å²) in [5.41, 5.74) is 1.92. The fourth-order valence-electron chi connectivity index (χ4n) is 2.88. The Balaban J connectivity index is 1.50. The van der Waals surface area contributed by atoms with Crippen molar-refractivity contribution in [1.29, 1.82) is 0 Å². The van der Waals surface area contributed by atoms with E-state index in [1.54, 1.807) is 0 Å². The molecule has 1 saturated heterocycles. The van der Waals surface area contributed by atoms with Gasteiger partial charge in [-0.05, 0) is 36.8 Å². The van der Waals surface area contributed by atoms with Crippen LogP contribution in [-0.4, -0.2) is 38.3 Å². The first-order chi connectivity index (χ1) is 12.2. The van der Waals surface area contributed by atoms with Gasteiger partial charge in [-0.3, -0.25) is 4.79 Å². The van der Waals surface area contributed by atoms with Crippen molar-refractivity contribution in [3.05, 3.63) is 60.2 Å². The second-order valence-corrected chi connectivity index (χ2v) is 6.28. The average molecular weight is 341 g/mol. The van der Waals surface area contributed by atoms with Gasteiger partial charge in [0.05, 0.1) is 13.2 Å². The summed E-state index contributed by atoms with van der Waals surface area (Å²) in [6.07, 6.45) is 0. The van der Waals surface area contributed by atoms with Crippen LogP contribution in [0.15, 0.2) is 54.6 Å². The maximum Gasteiger partial charge on any atom is 0.282 e. The number of carbonyl (C=O) groups is 1. The second-order valence-electron chi connectivity index (χ2n) is 6.28. The van der Waals surface area contributed by atoms with Gasteiger partial charge in [0.1, 0.15) is 25.4 Å². The largest absolute Gasteiger partial charge is 0.489 e. The molecule has 0 spiro atoms. The maximum atomic E-state index is 12.4. The molecule has 2 aromatic rings. The minimum atomic E-state index is -0.0853. The molecule has 0 aliphatic carbocycles. The van der Waals surface area contributed by atoms with Crippen molar-refractivity contribution >= 4 is 11.6 Å². The Kier molecular flexibility index (Phi) is 6.04. The van der Waals surface area contributed by atoms with Crippen LogP contribution in [-0.2, 0) is 16.1 Å². The minimum absolute atomic E-state index is 0.0369. The Labute approximate surface area is 148 Å². The van der Waals surface area contributed by atoms with E-state index in [9.17, 15) is 4.79 Å². The van der Waals surface area contributed by atoms with Gasteiger partial charge in [0.2, 0.25) is 0 Å². The number of morpholine rings is 1. The summed E-state index contributed by atoms with van der Waals surface area (Å²) in [5.74, 6) is 0.823. The van der Waals surface area contributed by atoms with Gasteiger partial charge < -0.3 is 19.7 Å². The Morgan fingerprint density at radius 3 is 2.48 bits per heavy atom. The molecule has 1 aliphatic rings. The van der Waals surface area contributed by atoms with E-state index in [0.717, 1.165) is 43.3 Å². The molecule has 1 amide bonds. The molecule has 2 N–H and O–H groups in total. The number of anilines is 1. The molecule has 0 aromatic heterocycles. The van der Waals surface area contributed by atoms with E-state index in [1.807, 2.05) is 61.5 Å². The monoisotopic (exact) mass is 341 g/mol. The molecule has 0 bridgehead atoms. The highest BCUT2D eigenvalue weighted by molar-refractivity contribution is 5.93. The van der Waals surface area contributed by atoms with E-state index >= 15 is 0 Å². The molecule has 0 saturated carbocycles. The van der Waals surface area contributed by atoms with Crippen LogP contribution in [0, 0.1) is 0 Å². The van der Waals surface area contributed by atoms with Gasteiger partial charge in [-0.25, -0.2) is 0 Å². The van der Waals surface area contributed by atoms with Crippen LogP contribution in [0.25, 0.3) is 0 Å². The number of ether oxygens (including phenoxy) is 2. The second kappa shape index (κ2) is 8.65. The highest BCUT2D eigenvalue weighted by Crippen LogP contribution is 2.17. The predicted molar refractivity (Wildman–Crippen MR) is 96.8 cm³/mol. The van der Waals surface area contributed by atoms with Crippen molar-refractivity contribution in [2.45, 2.75) is 19.6 Å². The van der Waals surface area contributed by atoms with E-state index in [-0.39, 0.29) is 11.9 Å². The van der Waals surface area contributed by atoms with Crippen LogP contribution in [0.2, 0.25) is 0 Å². The molecule has 1 atom stereocenters. The van der Waals surface area contributed by atoms with Crippen LogP contribution in [0.5, 0.6) is 5.75 Å². The zero-order valence-electron chi connectivity index (χ0n) is 14.5. The zero-order valence-corrected chi connectivity index (χ0v) is 14.5. The molecule has 0 radical (unpaired) electrons. The Hall–Kier alpha value is -2.37. The van der Waals surface area contributed by atoms with Gasteiger partial charge in [-0.15, -0.1) is 0 Å². The number of hydrogen-bond acceptors (Lipinski definition) is 3. The van der Waals surface area contributed by atoms with E-state index < -0.39 is 0 Å². The highest BCUT2D eigenvalue weighted by atomic mass is 16.5. The Morgan fingerprint density at radius 2 is 1.80 bits per heavy atom. The van der Waals surface area contributed by atoms with Crippen molar-refractivity contribution in [3.63, 3.8) is 0 Å². The zero-order chi connectivity index (χ0) is 17.5. The van der Waals surface area contributed by atoms with Crippen LogP contribution in [0.3, 0.4) is 0 Å². The van der Waals surface area contributed by atoms with Crippen molar-refractivity contribution < 1.29 is 19.2 Å². The van der Waals surface area contributed by atoms with Gasteiger partial charge >= 0.3 is 0 Å².